The van der Waals surface area contributed by atoms with E-state index in [4.69, 9.17) is 0 Å². The van der Waals surface area contributed by atoms with E-state index in [0.29, 0.717) is 28.7 Å². The Morgan fingerprint density at radius 3 is 1.77 bits per heavy atom. The topological polar surface area (TPSA) is 0 Å². The molecule has 0 nitrogen and oxygen atoms in total. The van der Waals surface area contributed by atoms with Gasteiger partial charge < -0.3 is 0 Å². The molecule has 0 atom stereocenters. The summed E-state index contributed by atoms with van der Waals surface area (Å²) in [4.78, 5) is 0. The number of aryl methyl sites for hydroxylation is 2. The minimum absolute atomic E-state index is 0.247. The summed E-state index contributed by atoms with van der Waals surface area (Å²) in [5.41, 5.74) is 4.25. The van der Waals surface area contributed by atoms with Gasteiger partial charge in [-0.15, -0.1) is 0 Å². The van der Waals surface area contributed by atoms with Crippen molar-refractivity contribution in [1.29, 1.82) is 0 Å². The lowest BCUT2D eigenvalue weighted by Gasteiger charge is -2.01. The molecule has 0 heterocycles. The van der Waals surface area contributed by atoms with Gasteiger partial charge in [-0.1, -0.05) is 68.6 Å². The van der Waals surface area contributed by atoms with Crippen LogP contribution in [0, 0.1) is 35.3 Å². The molecule has 150 valence electrons. The van der Waals surface area contributed by atoms with Crippen molar-refractivity contribution >= 4 is 0 Å². The van der Waals surface area contributed by atoms with E-state index in [1.807, 2.05) is 19.1 Å². The average molecular weight is 398 g/mol. The lowest BCUT2D eigenvalue weighted by atomic mass is 10.1. The molecule has 0 amide bonds. The Morgan fingerprint density at radius 1 is 0.600 bits per heavy atom. The molecule has 0 spiro atoms. The monoisotopic (exact) mass is 398 g/mol. The van der Waals surface area contributed by atoms with E-state index in [-0.39, 0.29) is 5.82 Å². The predicted molar refractivity (Wildman–Crippen MR) is 119 cm³/mol. The summed E-state index contributed by atoms with van der Waals surface area (Å²) < 4.78 is 28.4. The van der Waals surface area contributed by atoms with Crippen LogP contribution in [0.15, 0.2) is 60.7 Å². The van der Waals surface area contributed by atoms with Crippen molar-refractivity contribution in [3.05, 3.63) is 106 Å². The number of hydrogen-bond donors (Lipinski definition) is 0. The minimum atomic E-state index is -0.415. The maximum atomic E-state index is 14.4. The van der Waals surface area contributed by atoms with Gasteiger partial charge in [-0.2, -0.15) is 0 Å². The Kier molecular flexibility index (Phi) is 7.42. The molecule has 0 aliphatic rings. The molecule has 0 radical (unpaired) electrons. The molecule has 0 unspecified atom stereocenters. The first-order chi connectivity index (χ1) is 14.6. The third-order valence-electron chi connectivity index (χ3n) is 4.73. The fourth-order valence-corrected chi connectivity index (χ4v) is 3.12. The smallest absolute Gasteiger partial charge is 0.140 e. The van der Waals surface area contributed by atoms with Crippen molar-refractivity contribution in [3.8, 4) is 23.7 Å². The van der Waals surface area contributed by atoms with E-state index in [2.05, 4.69) is 42.7 Å². The van der Waals surface area contributed by atoms with E-state index in [9.17, 15) is 8.78 Å². The van der Waals surface area contributed by atoms with Gasteiger partial charge in [0.2, 0.25) is 0 Å². The Balaban J connectivity index is 1.74. The first-order valence-electron chi connectivity index (χ1n) is 10.3. The van der Waals surface area contributed by atoms with Crippen LogP contribution in [0.5, 0.6) is 0 Å². The van der Waals surface area contributed by atoms with Crippen molar-refractivity contribution in [3.63, 3.8) is 0 Å². The third-order valence-corrected chi connectivity index (χ3v) is 4.73. The molecule has 0 N–H and O–H groups in total. The first kappa shape index (κ1) is 21.4. The lowest BCUT2D eigenvalue weighted by Crippen LogP contribution is -1.90. The Morgan fingerprint density at radius 2 is 1.17 bits per heavy atom. The SMILES string of the molecule is CCCc1ccc(C#Cc2ccc(C#Cc3ccc(CCC)c(F)c3)cc2F)cc1. The van der Waals surface area contributed by atoms with Crippen LogP contribution in [0.1, 0.15) is 60.1 Å². The van der Waals surface area contributed by atoms with Crippen LogP contribution < -0.4 is 0 Å². The summed E-state index contributed by atoms with van der Waals surface area (Å²) in [6.07, 6.45) is 3.74. The highest BCUT2D eigenvalue weighted by Gasteiger charge is 2.02. The van der Waals surface area contributed by atoms with Crippen LogP contribution >= 0.6 is 0 Å². The predicted octanol–water partition coefficient (Wildman–Crippen LogP) is 6.67. The molecule has 0 saturated heterocycles. The van der Waals surface area contributed by atoms with Crippen LogP contribution in [0.4, 0.5) is 8.78 Å². The Hall–Kier alpha value is -3.36. The second kappa shape index (κ2) is 10.4. The molecule has 0 aliphatic heterocycles. The molecule has 0 aromatic heterocycles. The minimum Gasteiger partial charge on any atom is -0.207 e. The number of rotatable bonds is 4. The standard InChI is InChI=1S/C28H24F2/c1-3-5-21-7-9-22(10-8-21)13-16-26-18-15-24(20-28(26)30)12-11-23-14-17-25(6-4-2)27(29)19-23/h7-10,14-15,17-20H,3-6H2,1-2H3. The van der Waals surface area contributed by atoms with Crippen molar-refractivity contribution < 1.29 is 8.78 Å². The van der Waals surface area contributed by atoms with Gasteiger partial charge in [-0.05, 0) is 66.4 Å². The van der Waals surface area contributed by atoms with Crippen LogP contribution in [-0.4, -0.2) is 0 Å². The van der Waals surface area contributed by atoms with Gasteiger partial charge in [0, 0.05) is 16.7 Å². The highest BCUT2D eigenvalue weighted by Crippen LogP contribution is 2.13. The zero-order valence-electron chi connectivity index (χ0n) is 17.4. The maximum Gasteiger partial charge on any atom is 0.140 e. The second-order valence-corrected chi connectivity index (χ2v) is 7.20. The van der Waals surface area contributed by atoms with E-state index in [1.165, 1.54) is 17.7 Å². The zero-order chi connectivity index (χ0) is 21.3. The number of halogens is 2. The Labute approximate surface area is 178 Å². The lowest BCUT2D eigenvalue weighted by molar-refractivity contribution is 0.607. The van der Waals surface area contributed by atoms with Gasteiger partial charge in [0.15, 0.2) is 0 Å². The molecule has 3 aromatic carbocycles. The van der Waals surface area contributed by atoms with E-state index < -0.39 is 5.82 Å². The van der Waals surface area contributed by atoms with E-state index in [0.717, 1.165) is 24.8 Å². The van der Waals surface area contributed by atoms with Gasteiger partial charge >= 0.3 is 0 Å². The molecule has 3 aromatic rings. The molecule has 0 aliphatic carbocycles. The fourth-order valence-electron chi connectivity index (χ4n) is 3.12. The molecule has 2 heteroatoms. The van der Waals surface area contributed by atoms with Crippen molar-refractivity contribution in [1.82, 2.24) is 0 Å². The van der Waals surface area contributed by atoms with Gasteiger partial charge in [0.25, 0.3) is 0 Å². The van der Waals surface area contributed by atoms with Crippen LogP contribution in [-0.2, 0) is 12.8 Å². The van der Waals surface area contributed by atoms with E-state index >= 15 is 0 Å². The van der Waals surface area contributed by atoms with Gasteiger partial charge in [-0.25, -0.2) is 8.78 Å². The molecule has 30 heavy (non-hydrogen) atoms. The van der Waals surface area contributed by atoms with Crippen LogP contribution in [0.2, 0.25) is 0 Å². The maximum absolute atomic E-state index is 14.4. The number of hydrogen-bond acceptors (Lipinski definition) is 0. The van der Waals surface area contributed by atoms with Gasteiger partial charge in [0.05, 0.1) is 5.56 Å². The summed E-state index contributed by atoms with van der Waals surface area (Å²) in [6, 6.07) is 17.7. The van der Waals surface area contributed by atoms with Crippen molar-refractivity contribution in [2.75, 3.05) is 0 Å². The quantitative estimate of drug-likeness (QED) is 0.431. The molecule has 0 bridgehead atoms. The highest BCUT2D eigenvalue weighted by molar-refractivity contribution is 5.49. The zero-order valence-corrected chi connectivity index (χ0v) is 17.4. The normalized spacial score (nSPS) is 10.0. The molecule has 0 fully saturated rings. The summed E-state index contributed by atoms with van der Waals surface area (Å²) in [6.45, 7) is 4.16. The van der Waals surface area contributed by atoms with Gasteiger partial charge in [0.1, 0.15) is 11.6 Å². The molecule has 3 rings (SSSR count). The second-order valence-electron chi connectivity index (χ2n) is 7.20. The summed E-state index contributed by atoms with van der Waals surface area (Å²) in [5.74, 6) is 11.0. The molecular formula is C28H24F2. The van der Waals surface area contributed by atoms with Gasteiger partial charge in [-0.3, -0.25) is 0 Å². The molecule has 0 saturated carbocycles. The first-order valence-corrected chi connectivity index (χ1v) is 10.3. The van der Waals surface area contributed by atoms with Crippen molar-refractivity contribution in [2.24, 2.45) is 0 Å². The Bertz CT molecular complexity index is 1130. The number of benzene rings is 3. The van der Waals surface area contributed by atoms with Crippen LogP contribution in [0.3, 0.4) is 0 Å². The summed E-state index contributed by atoms with van der Waals surface area (Å²) >= 11 is 0. The van der Waals surface area contributed by atoms with E-state index in [1.54, 1.807) is 24.3 Å². The summed E-state index contributed by atoms with van der Waals surface area (Å²) in [5, 5.41) is 0. The highest BCUT2D eigenvalue weighted by atomic mass is 19.1. The fraction of sp³-hybridized carbons (Fsp3) is 0.214. The van der Waals surface area contributed by atoms with Crippen molar-refractivity contribution in [2.45, 2.75) is 39.5 Å². The third kappa shape index (κ3) is 5.82. The largest absolute Gasteiger partial charge is 0.207 e. The average Bonchev–Trinajstić information content (AvgIpc) is 2.75. The summed E-state index contributed by atoms with van der Waals surface area (Å²) in [7, 11) is 0. The van der Waals surface area contributed by atoms with Crippen LogP contribution in [0.25, 0.3) is 0 Å². The molecular weight excluding hydrogens is 374 g/mol.